The van der Waals surface area contributed by atoms with Crippen molar-refractivity contribution in [2.45, 2.75) is 13.0 Å². The number of anilines is 3. The zero-order valence-electron chi connectivity index (χ0n) is 20.8. The summed E-state index contributed by atoms with van der Waals surface area (Å²) < 4.78 is 32.4. The van der Waals surface area contributed by atoms with Gasteiger partial charge in [0, 0.05) is 41.2 Å². The lowest BCUT2D eigenvalue weighted by molar-refractivity contribution is -0.696. The lowest BCUT2D eigenvalue weighted by Gasteiger charge is -2.25. The normalized spacial score (nSPS) is 11.8. The number of nitriles is 1. The summed E-state index contributed by atoms with van der Waals surface area (Å²) in [6.07, 6.45) is 9.46. The molecule has 0 saturated heterocycles. The minimum atomic E-state index is -3.96. The maximum atomic E-state index is 10.9. The van der Waals surface area contributed by atoms with Gasteiger partial charge in [0.2, 0.25) is 0 Å². The van der Waals surface area contributed by atoms with E-state index in [-0.39, 0.29) is 5.75 Å². The highest BCUT2D eigenvalue weighted by atomic mass is 32.2. The fourth-order valence-corrected chi connectivity index (χ4v) is 4.50. The molecule has 38 heavy (non-hydrogen) atoms. The first-order chi connectivity index (χ1) is 18.4. The van der Waals surface area contributed by atoms with E-state index in [9.17, 15) is 13.7 Å². The Bertz CT molecular complexity index is 1500. The SMILES string of the molecule is N#C/C(=C\C=C\c1ccc(N(c2ccccc2)c2ccccc2)cc1)c1cc[n+](CCCS(=O)(=O)O)cc1. The molecule has 7 heteroatoms. The van der Waals surface area contributed by atoms with E-state index in [4.69, 9.17) is 4.55 Å². The number of aromatic nitrogens is 1. The zero-order chi connectivity index (χ0) is 26.8. The van der Waals surface area contributed by atoms with Crippen LogP contribution in [0.5, 0.6) is 0 Å². The molecule has 0 fully saturated rings. The average Bonchev–Trinajstić information content (AvgIpc) is 2.93. The molecule has 4 aromatic rings. The summed E-state index contributed by atoms with van der Waals surface area (Å²) >= 11 is 0. The molecule has 1 N–H and O–H groups in total. The lowest BCUT2D eigenvalue weighted by Crippen LogP contribution is -2.33. The number of hydrogen-bond donors (Lipinski definition) is 1. The third-order valence-electron chi connectivity index (χ3n) is 5.87. The van der Waals surface area contributed by atoms with Crippen LogP contribution in [0.25, 0.3) is 11.6 Å². The number of nitrogens with zero attached hydrogens (tertiary/aromatic N) is 3. The Morgan fingerprint density at radius 2 is 1.39 bits per heavy atom. The molecule has 0 aliphatic rings. The number of aryl methyl sites for hydroxylation is 1. The van der Waals surface area contributed by atoms with Gasteiger partial charge in [0.05, 0.1) is 17.4 Å². The highest BCUT2D eigenvalue weighted by Crippen LogP contribution is 2.34. The van der Waals surface area contributed by atoms with Crippen LogP contribution in [0.4, 0.5) is 17.1 Å². The summed E-state index contributed by atoms with van der Waals surface area (Å²) in [4.78, 5) is 2.20. The van der Waals surface area contributed by atoms with E-state index in [1.165, 1.54) is 0 Å². The molecular formula is C31H28N3O3S+. The van der Waals surface area contributed by atoms with Gasteiger partial charge in [-0.3, -0.25) is 4.55 Å². The van der Waals surface area contributed by atoms with Crippen molar-refractivity contribution >= 4 is 38.8 Å². The van der Waals surface area contributed by atoms with E-state index < -0.39 is 10.1 Å². The number of para-hydroxylation sites is 2. The minimum absolute atomic E-state index is 0.284. The Morgan fingerprint density at radius 3 is 1.92 bits per heavy atom. The van der Waals surface area contributed by atoms with E-state index in [0.717, 1.165) is 28.2 Å². The Labute approximate surface area is 223 Å². The number of pyridine rings is 1. The summed E-state index contributed by atoms with van der Waals surface area (Å²) in [6, 6.07) is 34.5. The molecule has 0 radical (unpaired) electrons. The molecule has 0 aliphatic carbocycles. The molecule has 1 aromatic heterocycles. The van der Waals surface area contributed by atoms with Crippen LogP contribution >= 0.6 is 0 Å². The van der Waals surface area contributed by atoms with Crippen LogP contribution in [-0.2, 0) is 16.7 Å². The van der Waals surface area contributed by atoms with Crippen molar-refractivity contribution in [2.75, 3.05) is 10.7 Å². The van der Waals surface area contributed by atoms with Crippen molar-refractivity contribution < 1.29 is 17.5 Å². The lowest BCUT2D eigenvalue weighted by atomic mass is 10.1. The topological polar surface area (TPSA) is 85.3 Å². The monoisotopic (exact) mass is 522 g/mol. The first-order valence-electron chi connectivity index (χ1n) is 12.2. The third-order valence-corrected chi connectivity index (χ3v) is 6.68. The van der Waals surface area contributed by atoms with Crippen LogP contribution in [0, 0.1) is 11.3 Å². The second-order valence-corrected chi connectivity index (χ2v) is 10.2. The van der Waals surface area contributed by atoms with Crippen LogP contribution in [0.2, 0.25) is 0 Å². The summed E-state index contributed by atoms with van der Waals surface area (Å²) in [5, 5.41) is 9.63. The zero-order valence-corrected chi connectivity index (χ0v) is 21.6. The van der Waals surface area contributed by atoms with E-state index in [0.29, 0.717) is 18.5 Å². The van der Waals surface area contributed by atoms with Crippen LogP contribution in [-0.4, -0.2) is 18.7 Å². The van der Waals surface area contributed by atoms with Crippen molar-refractivity contribution in [1.82, 2.24) is 0 Å². The molecule has 0 unspecified atom stereocenters. The predicted molar refractivity (Wildman–Crippen MR) is 151 cm³/mol. The Balaban J connectivity index is 1.46. The van der Waals surface area contributed by atoms with Crippen molar-refractivity contribution in [3.63, 3.8) is 0 Å². The first kappa shape index (κ1) is 26.6. The molecule has 0 bridgehead atoms. The van der Waals surface area contributed by atoms with Gasteiger partial charge >= 0.3 is 0 Å². The number of hydrogen-bond acceptors (Lipinski definition) is 4. The van der Waals surface area contributed by atoms with E-state index in [2.05, 4.69) is 47.4 Å². The van der Waals surface area contributed by atoms with Gasteiger partial charge in [-0.2, -0.15) is 13.7 Å². The number of allylic oxidation sites excluding steroid dienone is 3. The van der Waals surface area contributed by atoms with Crippen molar-refractivity contribution in [3.05, 3.63) is 133 Å². The molecule has 0 spiro atoms. The summed E-state index contributed by atoms with van der Waals surface area (Å²) in [6.45, 7) is 0.452. The van der Waals surface area contributed by atoms with Gasteiger partial charge in [-0.25, -0.2) is 4.57 Å². The highest BCUT2D eigenvalue weighted by Gasteiger charge is 2.11. The number of rotatable bonds is 10. The van der Waals surface area contributed by atoms with Gasteiger partial charge in [-0.05, 0) is 48.0 Å². The quantitative estimate of drug-likeness (QED) is 0.114. The van der Waals surface area contributed by atoms with Gasteiger partial charge in [-0.1, -0.05) is 60.7 Å². The largest absolute Gasteiger partial charge is 0.311 e. The molecule has 3 aromatic carbocycles. The maximum absolute atomic E-state index is 10.9. The molecule has 0 atom stereocenters. The molecule has 1 heterocycles. The van der Waals surface area contributed by atoms with Gasteiger partial charge in [-0.15, -0.1) is 0 Å². The van der Waals surface area contributed by atoms with E-state index in [1.54, 1.807) is 18.5 Å². The summed E-state index contributed by atoms with van der Waals surface area (Å²) in [7, 11) is -3.96. The molecule has 6 nitrogen and oxygen atoms in total. The van der Waals surface area contributed by atoms with Gasteiger partial charge in [0.1, 0.15) is 6.54 Å². The van der Waals surface area contributed by atoms with Gasteiger partial charge < -0.3 is 4.90 Å². The summed E-state index contributed by atoms with van der Waals surface area (Å²) in [5.41, 5.74) is 5.48. The maximum Gasteiger partial charge on any atom is 0.265 e. The fourth-order valence-electron chi connectivity index (χ4n) is 4.00. The summed E-state index contributed by atoms with van der Waals surface area (Å²) in [5.74, 6) is -0.284. The number of benzene rings is 3. The molecule has 190 valence electrons. The van der Waals surface area contributed by atoms with Crippen LogP contribution < -0.4 is 9.47 Å². The van der Waals surface area contributed by atoms with Crippen molar-refractivity contribution in [3.8, 4) is 6.07 Å². The molecule has 0 aliphatic heterocycles. The van der Waals surface area contributed by atoms with E-state index in [1.807, 2.05) is 77.4 Å². The molecule has 4 rings (SSSR count). The molecular weight excluding hydrogens is 494 g/mol. The second kappa shape index (κ2) is 12.6. The predicted octanol–water partition coefficient (Wildman–Crippen LogP) is 6.34. The van der Waals surface area contributed by atoms with Crippen molar-refractivity contribution in [2.24, 2.45) is 0 Å². The van der Waals surface area contributed by atoms with Crippen LogP contribution in [0.1, 0.15) is 17.5 Å². The van der Waals surface area contributed by atoms with E-state index >= 15 is 0 Å². The molecule has 0 amide bonds. The standard InChI is InChI=1S/C31H27N3O3S/c32-25-28(27-19-22-33(23-20-27)21-8-24-38(35,36)37)10-7-9-26-15-17-31(18-16-26)34(29-11-3-1-4-12-29)30-13-5-2-6-14-30/h1-7,9-20,22-23H,8,21,24H2/p+1. The van der Waals surface area contributed by atoms with Gasteiger partial charge in [0.15, 0.2) is 12.4 Å². The van der Waals surface area contributed by atoms with Crippen LogP contribution in [0.3, 0.4) is 0 Å². The highest BCUT2D eigenvalue weighted by molar-refractivity contribution is 7.85. The Hall–Kier alpha value is -4.51. The van der Waals surface area contributed by atoms with Gasteiger partial charge in [0.25, 0.3) is 10.1 Å². The smallest absolute Gasteiger partial charge is 0.265 e. The first-order valence-corrected chi connectivity index (χ1v) is 13.8. The molecule has 0 saturated carbocycles. The van der Waals surface area contributed by atoms with Crippen LogP contribution in [0.15, 0.2) is 122 Å². The third kappa shape index (κ3) is 7.50. The second-order valence-electron chi connectivity index (χ2n) is 8.61. The average molecular weight is 523 g/mol. The minimum Gasteiger partial charge on any atom is -0.311 e. The van der Waals surface area contributed by atoms with Crippen molar-refractivity contribution in [1.29, 1.82) is 5.26 Å². The fraction of sp³-hybridized carbons (Fsp3) is 0.0968. The Kier molecular flexibility index (Phi) is 8.83. The Morgan fingerprint density at radius 1 is 0.842 bits per heavy atom.